The first kappa shape index (κ1) is 21.9. The number of pyridine rings is 2. The van der Waals surface area contributed by atoms with Crippen molar-refractivity contribution >= 4 is 15.9 Å². The average molecular weight is 443 g/mol. The SMILES string of the molecule is Cc1ccn(C(=O)C2CCN(S(=O)(=O)c3cccnc3)CC2)c(=NC2CCCCC2)c1. The first-order chi connectivity index (χ1) is 14.9. The second-order valence-electron chi connectivity index (χ2n) is 8.56. The van der Waals surface area contributed by atoms with E-state index in [4.69, 9.17) is 4.99 Å². The van der Waals surface area contributed by atoms with Crippen LogP contribution in [-0.2, 0) is 10.0 Å². The Labute approximate surface area is 183 Å². The Hall–Kier alpha value is -2.32. The first-order valence-corrected chi connectivity index (χ1v) is 12.6. The van der Waals surface area contributed by atoms with Gasteiger partial charge in [-0.25, -0.2) is 8.42 Å². The molecule has 8 heteroatoms. The van der Waals surface area contributed by atoms with Crippen LogP contribution in [0.25, 0.3) is 0 Å². The first-order valence-electron chi connectivity index (χ1n) is 11.1. The minimum absolute atomic E-state index is 0.00739. The third-order valence-electron chi connectivity index (χ3n) is 6.29. The summed E-state index contributed by atoms with van der Waals surface area (Å²) in [6.07, 6.45) is 11.5. The lowest BCUT2D eigenvalue weighted by Crippen LogP contribution is -2.42. The van der Waals surface area contributed by atoms with Gasteiger partial charge < -0.3 is 0 Å². The molecule has 0 aromatic carbocycles. The van der Waals surface area contributed by atoms with Crippen LogP contribution in [-0.4, -0.2) is 47.3 Å². The Morgan fingerprint density at radius 3 is 2.52 bits per heavy atom. The van der Waals surface area contributed by atoms with Crippen molar-refractivity contribution in [1.82, 2.24) is 13.9 Å². The lowest BCUT2D eigenvalue weighted by molar-refractivity contribution is 0.0780. The minimum Gasteiger partial charge on any atom is -0.274 e. The van der Waals surface area contributed by atoms with Gasteiger partial charge in [-0.2, -0.15) is 4.31 Å². The van der Waals surface area contributed by atoms with Crippen LogP contribution in [0.3, 0.4) is 0 Å². The Balaban J connectivity index is 1.50. The maximum Gasteiger partial charge on any atom is 0.244 e. The van der Waals surface area contributed by atoms with E-state index in [2.05, 4.69) is 4.98 Å². The van der Waals surface area contributed by atoms with Gasteiger partial charge in [-0.1, -0.05) is 19.3 Å². The Morgan fingerprint density at radius 2 is 1.84 bits per heavy atom. The molecule has 166 valence electrons. The Morgan fingerprint density at radius 1 is 1.10 bits per heavy atom. The summed E-state index contributed by atoms with van der Waals surface area (Å²) in [5, 5.41) is 0. The molecule has 1 saturated carbocycles. The molecule has 0 radical (unpaired) electrons. The quantitative estimate of drug-likeness (QED) is 0.728. The van der Waals surface area contributed by atoms with Gasteiger partial charge in [0.25, 0.3) is 0 Å². The van der Waals surface area contributed by atoms with Crippen LogP contribution in [0.2, 0.25) is 0 Å². The van der Waals surface area contributed by atoms with Crippen molar-refractivity contribution in [2.24, 2.45) is 10.9 Å². The fraction of sp³-hybridized carbons (Fsp3) is 0.522. The summed E-state index contributed by atoms with van der Waals surface area (Å²) in [5.74, 6) is -0.207. The second kappa shape index (κ2) is 9.44. The van der Waals surface area contributed by atoms with Gasteiger partial charge in [0, 0.05) is 37.6 Å². The van der Waals surface area contributed by atoms with Crippen LogP contribution in [0.1, 0.15) is 55.3 Å². The van der Waals surface area contributed by atoms with E-state index >= 15 is 0 Å². The summed E-state index contributed by atoms with van der Waals surface area (Å²) in [7, 11) is -3.57. The molecule has 1 saturated heterocycles. The zero-order valence-corrected chi connectivity index (χ0v) is 18.8. The molecular weight excluding hydrogens is 412 g/mol. The summed E-state index contributed by atoms with van der Waals surface area (Å²) < 4.78 is 28.8. The largest absolute Gasteiger partial charge is 0.274 e. The highest BCUT2D eigenvalue weighted by Gasteiger charge is 2.32. The van der Waals surface area contributed by atoms with E-state index in [1.807, 2.05) is 25.3 Å². The van der Waals surface area contributed by atoms with Crippen LogP contribution in [0.4, 0.5) is 0 Å². The number of hydrogen-bond acceptors (Lipinski definition) is 5. The smallest absolute Gasteiger partial charge is 0.244 e. The van der Waals surface area contributed by atoms with E-state index in [9.17, 15) is 13.2 Å². The third kappa shape index (κ3) is 4.96. The van der Waals surface area contributed by atoms with Crippen molar-refractivity contribution in [2.45, 2.75) is 62.8 Å². The summed E-state index contributed by atoms with van der Waals surface area (Å²) in [4.78, 5) is 22.4. The zero-order chi connectivity index (χ0) is 21.8. The normalized spacial score (nSPS) is 20.1. The number of carbonyl (C=O) groups excluding carboxylic acids is 1. The number of nitrogens with zero attached hydrogens (tertiary/aromatic N) is 4. The zero-order valence-electron chi connectivity index (χ0n) is 18.0. The Kier molecular flexibility index (Phi) is 6.67. The van der Waals surface area contributed by atoms with E-state index in [0.717, 1.165) is 23.9 Å². The predicted octanol–water partition coefficient (Wildman–Crippen LogP) is 3.17. The molecule has 1 aliphatic carbocycles. The van der Waals surface area contributed by atoms with Gasteiger partial charge >= 0.3 is 0 Å². The third-order valence-corrected chi connectivity index (χ3v) is 8.17. The molecule has 2 fully saturated rings. The highest BCUT2D eigenvalue weighted by atomic mass is 32.2. The summed E-state index contributed by atoms with van der Waals surface area (Å²) in [5.41, 5.74) is 1.80. The van der Waals surface area contributed by atoms with Gasteiger partial charge in [-0.15, -0.1) is 0 Å². The van der Waals surface area contributed by atoms with Gasteiger partial charge in [0.05, 0.1) is 6.04 Å². The molecular formula is C23H30N4O3S. The molecule has 31 heavy (non-hydrogen) atoms. The van der Waals surface area contributed by atoms with Gasteiger partial charge in [0.15, 0.2) is 0 Å². The van der Waals surface area contributed by atoms with Crippen molar-refractivity contribution in [1.29, 1.82) is 0 Å². The molecule has 0 unspecified atom stereocenters. The average Bonchev–Trinajstić information content (AvgIpc) is 2.80. The van der Waals surface area contributed by atoms with Crippen molar-refractivity contribution in [3.63, 3.8) is 0 Å². The van der Waals surface area contributed by atoms with Gasteiger partial charge in [0.2, 0.25) is 15.9 Å². The molecule has 0 amide bonds. The Bertz CT molecular complexity index is 1080. The molecule has 1 aliphatic heterocycles. The summed E-state index contributed by atoms with van der Waals surface area (Å²) in [6, 6.07) is 7.37. The van der Waals surface area contributed by atoms with Gasteiger partial charge in [-0.05, 0) is 62.4 Å². The number of aryl methyl sites for hydroxylation is 1. The number of rotatable bonds is 4. The van der Waals surface area contributed by atoms with Crippen molar-refractivity contribution in [2.75, 3.05) is 13.1 Å². The van der Waals surface area contributed by atoms with Crippen molar-refractivity contribution in [3.8, 4) is 0 Å². The van der Waals surface area contributed by atoms with Crippen molar-refractivity contribution < 1.29 is 13.2 Å². The second-order valence-corrected chi connectivity index (χ2v) is 10.5. The van der Waals surface area contributed by atoms with Gasteiger partial charge in [-0.3, -0.25) is 19.3 Å². The van der Waals surface area contributed by atoms with Crippen LogP contribution < -0.4 is 5.49 Å². The number of sulfonamides is 1. The van der Waals surface area contributed by atoms with Crippen LogP contribution >= 0.6 is 0 Å². The number of carbonyl (C=O) groups is 1. The maximum absolute atomic E-state index is 13.3. The maximum atomic E-state index is 13.3. The summed E-state index contributed by atoms with van der Waals surface area (Å²) >= 11 is 0. The van der Waals surface area contributed by atoms with Crippen molar-refractivity contribution in [3.05, 3.63) is 53.9 Å². The molecule has 0 N–H and O–H groups in total. The molecule has 2 aliphatic rings. The predicted molar refractivity (Wildman–Crippen MR) is 118 cm³/mol. The van der Waals surface area contributed by atoms with Crippen LogP contribution in [0, 0.1) is 12.8 Å². The van der Waals surface area contributed by atoms with E-state index in [0.29, 0.717) is 25.9 Å². The molecule has 4 rings (SSSR count). The molecule has 0 bridgehead atoms. The fourth-order valence-corrected chi connectivity index (χ4v) is 5.90. The molecule has 0 atom stereocenters. The minimum atomic E-state index is -3.57. The van der Waals surface area contributed by atoms with E-state index in [1.165, 1.54) is 29.8 Å². The van der Waals surface area contributed by atoms with E-state index in [1.54, 1.807) is 22.9 Å². The summed E-state index contributed by atoms with van der Waals surface area (Å²) in [6.45, 7) is 2.67. The lowest BCUT2D eigenvalue weighted by atomic mass is 9.96. The van der Waals surface area contributed by atoms with E-state index in [-0.39, 0.29) is 22.8 Å². The molecule has 3 heterocycles. The number of hydrogen-bond donors (Lipinski definition) is 0. The number of piperidine rings is 1. The standard InChI is InChI=1S/C23H30N4O3S/c1-18-9-15-27(22(16-18)25-20-6-3-2-4-7-20)23(28)19-10-13-26(14-11-19)31(29,30)21-8-5-12-24-17-21/h5,8-9,12,15-17,19-20H,2-4,6-7,10-11,13-14H2,1H3. The fourth-order valence-electron chi connectivity index (χ4n) is 4.46. The molecule has 7 nitrogen and oxygen atoms in total. The molecule has 0 spiro atoms. The highest BCUT2D eigenvalue weighted by molar-refractivity contribution is 7.89. The van der Waals surface area contributed by atoms with Crippen LogP contribution in [0.15, 0.2) is 52.7 Å². The number of aromatic nitrogens is 2. The molecule has 2 aromatic heterocycles. The highest BCUT2D eigenvalue weighted by Crippen LogP contribution is 2.24. The monoisotopic (exact) mass is 442 g/mol. The topological polar surface area (TPSA) is 84.6 Å². The van der Waals surface area contributed by atoms with Crippen LogP contribution in [0.5, 0.6) is 0 Å². The van der Waals surface area contributed by atoms with Gasteiger partial charge in [0.1, 0.15) is 10.4 Å². The van der Waals surface area contributed by atoms with E-state index < -0.39 is 10.0 Å². The molecule has 2 aromatic rings. The lowest BCUT2D eigenvalue weighted by Gasteiger charge is -2.30.